The number of carbonyl (C=O) groups is 1. The molecule has 1 amide bonds. The van der Waals surface area contributed by atoms with Gasteiger partial charge in [-0.2, -0.15) is 5.26 Å². The molecule has 0 radical (unpaired) electrons. The maximum Gasteiger partial charge on any atom is 0.226 e. The zero-order valence-electron chi connectivity index (χ0n) is 9.89. The topological polar surface area (TPSA) is 52.9 Å². The summed E-state index contributed by atoms with van der Waals surface area (Å²) in [4.78, 5) is 12.0. The molecule has 0 spiro atoms. The SMILES string of the molecule is CCC(C)(C)C(=O)NC1(C#N)CCCC1. The first kappa shape index (κ1) is 12.0. The largest absolute Gasteiger partial charge is 0.337 e. The molecule has 3 heteroatoms. The van der Waals surface area contributed by atoms with Gasteiger partial charge < -0.3 is 5.32 Å². The van der Waals surface area contributed by atoms with Crippen molar-refractivity contribution in [2.45, 2.75) is 58.4 Å². The first-order valence-corrected chi connectivity index (χ1v) is 5.70. The van der Waals surface area contributed by atoms with Gasteiger partial charge in [0.25, 0.3) is 0 Å². The van der Waals surface area contributed by atoms with E-state index in [1.54, 1.807) is 0 Å². The second-order valence-corrected chi connectivity index (χ2v) is 5.09. The molecule has 0 aromatic heterocycles. The molecule has 1 fully saturated rings. The molecule has 3 nitrogen and oxygen atoms in total. The number of nitrogens with one attached hydrogen (secondary N) is 1. The average molecular weight is 208 g/mol. The van der Waals surface area contributed by atoms with Crippen LogP contribution in [0.1, 0.15) is 52.9 Å². The van der Waals surface area contributed by atoms with E-state index in [9.17, 15) is 4.79 Å². The molecule has 1 aliphatic carbocycles. The Morgan fingerprint density at radius 2 is 2.00 bits per heavy atom. The van der Waals surface area contributed by atoms with Gasteiger partial charge in [0.15, 0.2) is 0 Å². The van der Waals surface area contributed by atoms with Crippen molar-refractivity contribution >= 4 is 5.91 Å². The van der Waals surface area contributed by atoms with Crippen LogP contribution in [0.3, 0.4) is 0 Å². The molecule has 1 rings (SSSR count). The molecule has 1 saturated carbocycles. The highest BCUT2D eigenvalue weighted by Gasteiger charge is 2.38. The van der Waals surface area contributed by atoms with E-state index in [4.69, 9.17) is 5.26 Å². The number of hydrogen-bond acceptors (Lipinski definition) is 2. The van der Waals surface area contributed by atoms with E-state index in [0.29, 0.717) is 0 Å². The van der Waals surface area contributed by atoms with Crippen molar-refractivity contribution in [1.29, 1.82) is 5.26 Å². The molecule has 0 aromatic rings. The van der Waals surface area contributed by atoms with Crippen molar-refractivity contribution in [2.24, 2.45) is 5.41 Å². The van der Waals surface area contributed by atoms with Crippen LogP contribution >= 0.6 is 0 Å². The van der Waals surface area contributed by atoms with Gasteiger partial charge >= 0.3 is 0 Å². The van der Waals surface area contributed by atoms with Crippen LogP contribution in [-0.2, 0) is 4.79 Å². The van der Waals surface area contributed by atoms with Crippen LogP contribution in [0.5, 0.6) is 0 Å². The Balaban J connectivity index is 2.69. The molecule has 1 aliphatic rings. The maximum atomic E-state index is 12.0. The summed E-state index contributed by atoms with van der Waals surface area (Å²) in [7, 11) is 0. The predicted molar refractivity (Wildman–Crippen MR) is 59.0 cm³/mol. The number of hydrogen-bond donors (Lipinski definition) is 1. The molecule has 1 N–H and O–H groups in total. The first-order valence-electron chi connectivity index (χ1n) is 5.70. The summed E-state index contributed by atoms with van der Waals surface area (Å²) in [5.74, 6) is 0.00782. The Morgan fingerprint density at radius 1 is 1.47 bits per heavy atom. The quantitative estimate of drug-likeness (QED) is 0.774. The fourth-order valence-corrected chi connectivity index (χ4v) is 1.79. The summed E-state index contributed by atoms with van der Waals surface area (Å²) in [6.07, 6.45) is 4.48. The van der Waals surface area contributed by atoms with E-state index in [-0.39, 0.29) is 11.3 Å². The lowest BCUT2D eigenvalue weighted by Gasteiger charge is -2.29. The van der Waals surface area contributed by atoms with E-state index in [1.165, 1.54) is 0 Å². The van der Waals surface area contributed by atoms with Crippen LogP contribution in [0, 0.1) is 16.7 Å². The minimum absolute atomic E-state index is 0.00782. The number of carbonyl (C=O) groups excluding carboxylic acids is 1. The fraction of sp³-hybridized carbons (Fsp3) is 0.833. The van der Waals surface area contributed by atoms with Crippen LogP contribution in [0.25, 0.3) is 0 Å². The molecule has 0 unspecified atom stereocenters. The predicted octanol–water partition coefficient (Wildman–Crippen LogP) is 2.38. The summed E-state index contributed by atoms with van der Waals surface area (Å²) in [5.41, 5.74) is -0.948. The van der Waals surface area contributed by atoms with E-state index in [0.717, 1.165) is 32.1 Å². The fourth-order valence-electron chi connectivity index (χ4n) is 1.79. The van der Waals surface area contributed by atoms with Crippen molar-refractivity contribution in [1.82, 2.24) is 5.32 Å². The van der Waals surface area contributed by atoms with Gasteiger partial charge in [-0.15, -0.1) is 0 Å². The van der Waals surface area contributed by atoms with Crippen LogP contribution in [0.4, 0.5) is 0 Å². The highest BCUT2D eigenvalue weighted by molar-refractivity contribution is 5.82. The lowest BCUT2D eigenvalue weighted by Crippen LogP contribution is -2.50. The number of amides is 1. The van der Waals surface area contributed by atoms with Crippen LogP contribution in [0.15, 0.2) is 0 Å². The Hall–Kier alpha value is -1.04. The molecule has 84 valence electrons. The minimum atomic E-state index is -0.580. The van der Waals surface area contributed by atoms with Gasteiger partial charge in [0, 0.05) is 5.41 Å². The lowest BCUT2D eigenvalue weighted by atomic mass is 9.87. The average Bonchev–Trinajstić information content (AvgIpc) is 2.67. The summed E-state index contributed by atoms with van der Waals surface area (Å²) in [5, 5.41) is 12.1. The Morgan fingerprint density at radius 3 is 2.40 bits per heavy atom. The van der Waals surface area contributed by atoms with Gasteiger partial charge in [0.2, 0.25) is 5.91 Å². The summed E-state index contributed by atoms with van der Waals surface area (Å²) in [6.45, 7) is 5.83. The number of nitriles is 1. The molecule has 0 atom stereocenters. The van der Waals surface area contributed by atoms with Crippen molar-refractivity contribution < 1.29 is 4.79 Å². The zero-order valence-corrected chi connectivity index (χ0v) is 9.89. The minimum Gasteiger partial charge on any atom is -0.337 e. The molecular weight excluding hydrogens is 188 g/mol. The van der Waals surface area contributed by atoms with Crippen LogP contribution < -0.4 is 5.32 Å². The monoisotopic (exact) mass is 208 g/mol. The third kappa shape index (κ3) is 2.50. The Bertz CT molecular complexity index is 282. The number of rotatable bonds is 3. The van der Waals surface area contributed by atoms with Gasteiger partial charge in [-0.25, -0.2) is 0 Å². The molecule has 0 heterocycles. The second kappa shape index (κ2) is 4.22. The van der Waals surface area contributed by atoms with E-state index in [1.807, 2.05) is 20.8 Å². The van der Waals surface area contributed by atoms with Gasteiger partial charge in [0.05, 0.1) is 6.07 Å². The molecule has 0 saturated heterocycles. The molecule has 15 heavy (non-hydrogen) atoms. The van der Waals surface area contributed by atoms with Gasteiger partial charge in [-0.1, -0.05) is 20.8 Å². The smallest absolute Gasteiger partial charge is 0.226 e. The van der Waals surface area contributed by atoms with Crippen LogP contribution in [-0.4, -0.2) is 11.4 Å². The van der Waals surface area contributed by atoms with Crippen molar-refractivity contribution in [3.05, 3.63) is 0 Å². The maximum absolute atomic E-state index is 12.0. The molecule has 0 aromatic carbocycles. The highest BCUT2D eigenvalue weighted by atomic mass is 16.2. The van der Waals surface area contributed by atoms with Crippen molar-refractivity contribution in [3.63, 3.8) is 0 Å². The second-order valence-electron chi connectivity index (χ2n) is 5.09. The number of nitrogens with zero attached hydrogens (tertiary/aromatic N) is 1. The van der Waals surface area contributed by atoms with E-state index < -0.39 is 5.54 Å². The summed E-state index contributed by atoms with van der Waals surface area (Å²) >= 11 is 0. The molecule has 0 bridgehead atoms. The molecular formula is C12H20N2O. The van der Waals surface area contributed by atoms with Gasteiger partial charge in [0.1, 0.15) is 5.54 Å². The highest BCUT2D eigenvalue weighted by Crippen LogP contribution is 2.31. The third-order valence-corrected chi connectivity index (χ3v) is 3.52. The first-order chi connectivity index (χ1) is 6.96. The third-order valence-electron chi connectivity index (χ3n) is 3.52. The summed E-state index contributed by atoms with van der Waals surface area (Å²) in [6, 6.07) is 2.27. The normalized spacial score (nSPS) is 19.6. The lowest BCUT2D eigenvalue weighted by molar-refractivity contribution is -0.130. The standard InChI is InChI=1S/C12H20N2O/c1-4-11(2,3)10(15)14-12(9-13)7-5-6-8-12/h4-8H2,1-3H3,(H,14,15). The van der Waals surface area contributed by atoms with Crippen molar-refractivity contribution in [3.8, 4) is 6.07 Å². The van der Waals surface area contributed by atoms with E-state index >= 15 is 0 Å². The summed E-state index contributed by atoms with van der Waals surface area (Å²) < 4.78 is 0. The Kier molecular flexibility index (Phi) is 3.38. The van der Waals surface area contributed by atoms with Crippen molar-refractivity contribution in [2.75, 3.05) is 0 Å². The zero-order chi connectivity index (χ0) is 11.5. The Labute approximate surface area is 91.9 Å². The van der Waals surface area contributed by atoms with Gasteiger partial charge in [-0.3, -0.25) is 4.79 Å². The van der Waals surface area contributed by atoms with E-state index in [2.05, 4.69) is 11.4 Å². The molecule has 0 aliphatic heterocycles. The van der Waals surface area contributed by atoms with Gasteiger partial charge in [-0.05, 0) is 32.1 Å². The van der Waals surface area contributed by atoms with Crippen LogP contribution in [0.2, 0.25) is 0 Å².